The molecule has 1 heterocycles. The SMILES string of the molecule is CC(C)c1ccc(C(N)Cc2ccn(C)n2)cc1. The number of hydrogen-bond acceptors (Lipinski definition) is 2. The number of benzene rings is 1. The Bertz CT molecular complexity index is 497. The van der Waals surface area contributed by atoms with E-state index in [1.807, 2.05) is 24.0 Å². The molecule has 0 spiro atoms. The van der Waals surface area contributed by atoms with Gasteiger partial charge >= 0.3 is 0 Å². The van der Waals surface area contributed by atoms with Crippen LogP contribution in [0.4, 0.5) is 0 Å². The molecule has 1 aromatic heterocycles. The number of aryl methyl sites for hydroxylation is 1. The van der Waals surface area contributed by atoms with Crippen LogP contribution in [0.2, 0.25) is 0 Å². The van der Waals surface area contributed by atoms with E-state index in [0.717, 1.165) is 12.1 Å². The first-order valence-electron chi connectivity index (χ1n) is 6.40. The third-order valence-electron chi connectivity index (χ3n) is 3.23. The summed E-state index contributed by atoms with van der Waals surface area (Å²) in [5, 5.41) is 4.36. The summed E-state index contributed by atoms with van der Waals surface area (Å²) in [5.74, 6) is 0.561. The van der Waals surface area contributed by atoms with E-state index in [9.17, 15) is 0 Å². The van der Waals surface area contributed by atoms with Crippen LogP contribution in [0.25, 0.3) is 0 Å². The van der Waals surface area contributed by atoms with Gasteiger partial charge in [0.1, 0.15) is 0 Å². The van der Waals surface area contributed by atoms with Crippen LogP contribution in [0.5, 0.6) is 0 Å². The molecule has 0 aliphatic heterocycles. The molecule has 0 bridgehead atoms. The molecule has 0 saturated heterocycles. The van der Waals surface area contributed by atoms with Gasteiger partial charge in [0, 0.05) is 25.7 Å². The third-order valence-corrected chi connectivity index (χ3v) is 3.23. The zero-order valence-electron chi connectivity index (χ0n) is 11.3. The summed E-state index contributed by atoms with van der Waals surface area (Å²) in [6, 6.07) is 10.6. The summed E-state index contributed by atoms with van der Waals surface area (Å²) in [5.41, 5.74) is 9.78. The van der Waals surface area contributed by atoms with Gasteiger partial charge in [0.05, 0.1) is 5.69 Å². The largest absolute Gasteiger partial charge is 0.324 e. The zero-order valence-corrected chi connectivity index (χ0v) is 11.3. The van der Waals surface area contributed by atoms with Crippen molar-refractivity contribution in [2.45, 2.75) is 32.2 Å². The average molecular weight is 243 g/mol. The maximum atomic E-state index is 6.21. The molecule has 1 aromatic carbocycles. The standard InChI is InChI=1S/C15H21N3/c1-11(2)12-4-6-13(7-5-12)15(16)10-14-8-9-18(3)17-14/h4-9,11,15H,10,16H2,1-3H3. The number of hydrogen-bond donors (Lipinski definition) is 1. The molecule has 0 aliphatic rings. The van der Waals surface area contributed by atoms with Crippen LogP contribution < -0.4 is 5.73 Å². The summed E-state index contributed by atoms with van der Waals surface area (Å²) in [4.78, 5) is 0. The second-order valence-electron chi connectivity index (χ2n) is 5.11. The van der Waals surface area contributed by atoms with Gasteiger partial charge in [-0.3, -0.25) is 4.68 Å². The quantitative estimate of drug-likeness (QED) is 0.897. The Morgan fingerprint density at radius 1 is 1.11 bits per heavy atom. The molecule has 1 atom stereocenters. The van der Waals surface area contributed by atoms with Crippen LogP contribution in [0, 0.1) is 0 Å². The van der Waals surface area contributed by atoms with Gasteiger partial charge in [0.15, 0.2) is 0 Å². The van der Waals surface area contributed by atoms with E-state index in [0.29, 0.717) is 5.92 Å². The van der Waals surface area contributed by atoms with Crippen molar-refractivity contribution < 1.29 is 0 Å². The van der Waals surface area contributed by atoms with E-state index < -0.39 is 0 Å². The van der Waals surface area contributed by atoms with Gasteiger partial charge in [-0.05, 0) is 23.1 Å². The van der Waals surface area contributed by atoms with Crippen molar-refractivity contribution in [2.24, 2.45) is 12.8 Å². The van der Waals surface area contributed by atoms with Crippen molar-refractivity contribution >= 4 is 0 Å². The number of nitrogens with two attached hydrogens (primary N) is 1. The van der Waals surface area contributed by atoms with Gasteiger partial charge in [-0.15, -0.1) is 0 Å². The minimum atomic E-state index is 0.0149. The molecule has 0 amide bonds. The Hall–Kier alpha value is -1.61. The van der Waals surface area contributed by atoms with Crippen molar-refractivity contribution in [3.63, 3.8) is 0 Å². The molecule has 2 N–H and O–H groups in total. The van der Waals surface area contributed by atoms with Gasteiger partial charge in [-0.25, -0.2) is 0 Å². The highest BCUT2D eigenvalue weighted by molar-refractivity contribution is 5.27. The van der Waals surface area contributed by atoms with Gasteiger partial charge in [0.25, 0.3) is 0 Å². The molecule has 3 heteroatoms. The highest BCUT2D eigenvalue weighted by atomic mass is 15.2. The molecule has 3 nitrogen and oxygen atoms in total. The second kappa shape index (κ2) is 5.36. The van der Waals surface area contributed by atoms with E-state index in [1.54, 1.807) is 0 Å². The Morgan fingerprint density at radius 2 is 1.72 bits per heavy atom. The van der Waals surface area contributed by atoms with Crippen LogP contribution in [-0.4, -0.2) is 9.78 Å². The van der Waals surface area contributed by atoms with Gasteiger partial charge in [-0.2, -0.15) is 5.10 Å². The molecular formula is C15H21N3. The molecule has 2 rings (SSSR count). The fourth-order valence-electron chi connectivity index (χ4n) is 2.04. The Kier molecular flexibility index (Phi) is 3.82. The highest BCUT2D eigenvalue weighted by Gasteiger charge is 2.09. The van der Waals surface area contributed by atoms with E-state index in [4.69, 9.17) is 5.73 Å². The van der Waals surface area contributed by atoms with Crippen molar-refractivity contribution in [1.29, 1.82) is 0 Å². The lowest BCUT2D eigenvalue weighted by atomic mass is 9.97. The second-order valence-corrected chi connectivity index (χ2v) is 5.11. The molecule has 1 unspecified atom stereocenters. The molecule has 0 aliphatic carbocycles. The van der Waals surface area contributed by atoms with Crippen LogP contribution in [0.15, 0.2) is 36.5 Å². The summed E-state index contributed by atoms with van der Waals surface area (Å²) in [6.45, 7) is 4.39. The lowest BCUT2D eigenvalue weighted by Crippen LogP contribution is -2.13. The minimum absolute atomic E-state index is 0.0149. The van der Waals surface area contributed by atoms with Crippen molar-refractivity contribution in [3.8, 4) is 0 Å². The predicted molar refractivity (Wildman–Crippen MR) is 74.4 cm³/mol. The maximum absolute atomic E-state index is 6.21. The van der Waals surface area contributed by atoms with Crippen LogP contribution in [-0.2, 0) is 13.5 Å². The van der Waals surface area contributed by atoms with E-state index in [1.165, 1.54) is 11.1 Å². The first kappa shape index (κ1) is 12.8. The molecule has 2 aromatic rings. The average Bonchev–Trinajstić information content (AvgIpc) is 2.75. The zero-order chi connectivity index (χ0) is 13.1. The normalized spacial score (nSPS) is 12.9. The van der Waals surface area contributed by atoms with E-state index in [2.05, 4.69) is 43.2 Å². The first-order valence-corrected chi connectivity index (χ1v) is 6.40. The molecular weight excluding hydrogens is 222 g/mol. The van der Waals surface area contributed by atoms with Gasteiger partial charge < -0.3 is 5.73 Å². The molecule has 0 saturated carbocycles. The van der Waals surface area contributed by atoms with Gasteiger partial charge in [-0.1, -0.05) is 38.1 Å². The summed E-state index contributed by atoms with van der Waals surface area (Å²) >= 11 is 0. The molecule has 18 heavy (non-hydrogen) atoms. The fourth-order valence-corrected chi connectivity index (χ4v) is 2.04. The summed E-state index contributed by atoms with van der Waals surface area (Å²) < 4.78 is 1.81. The van der Waals surface area contributed by atoms with Crippen molar-refractivity contribution in [2.75, 3.05) is 0 Å². The summed E-state index contributed by atoms with van der Waals surface area (Å²) in [7, 11) is 1.92. The number of aromatic nitrogens is 2. The van der Waals surface area contributed by atoms with Crippen molar-refractivity contribution in [3.05, 3.63) is 53.3 Å². The molecule has 0 radical (unpaired) electrons. The Balaban J connectivity index is 2.06. The minimum Gasteiger partial charge on any atom is -0.324 e. The number of nitrogens with zero attached hydrogens (tertiary/aromatic N) is 2. The fraction of sp³-hybridized carbons (Fsp3) is 0.400. The monoisotopic (exact) mass is 243 g/mol. The Morgan fingerprint density at radius 3 is 2.22 bits per heavy atom. The van der Waals surface area contributed by atoms with E-state index in [-0.39, 0.29) is 6.04 Å². The maximum Gasteiger partial charge on any atom is 0.0643 e. The predicted octanol–water partition coefficient (Wildman–Crippen LogP) is 2.79. The lowest BCUT2D eigenvalue weighted by molar-refractivity contribution is 0.674. The number of rotatable bonds is 4. The van der Waals surface area contributed by atoms with Crippen molar-refractivity contribution in [1.82, 2.24) is 9.78 Å². The topological polar surface area (TPSA) is 43.8 Å². The Labute approximate surface area is 109 Å². The first-order chi connectivity index (χ1) is 8.56. The third kappa shape index (κ3) is 2.99. The van der Waals surface area contributed by atoms with Gasteiger partial charge in [0.2, 0.25) is 0 Å². The lowest BCUT2D eigenvalue weighted by Gasteiger charge is -2.12. The molecule has 0 fully saturated rings. The van der Waals surface area contributed by atoms with Crippen LogP contribution in [0.1, 0.15) is 42.6 Å². The highest BCUT2D eigenvalue weighted by Crippen LogP contribution is 2.19. The van der Waals surface area contributed by atoms with E-state index >= 15 is 0 Å². The summed E-state index contributed by atoms with van der Waals surface area (Å²) in [6.07, 6.45) is 2.73. The van der Waals surface area contributed by atoms with Crippen LogP contribution in [0.3, 0.4) is 0 Å². The molecule has 96 valence electrons. The smallest absolute Gasteiger partial charge is 0.0643 e. The van der Waals surface area contributed by atoms with Crippen LogP contribution >= 0.6 is 0 Å².